The number of aromatic nitrogens is 1. The molecular formula is C15H21N3OS. The van der Waals surface area contributed by atoms with Crippen LogP contribution in [0.2, 0.25) is 0 Å². The largest absolute Gasteiger partial charge is 0.327 e. The Bertz CT molecular complexity index is 600. The molecule has 5 heteroatoms. The van der Waals surface area contributed by atoms with Gasteiger partial charge in [-0.05, 0) is 30.0 Å². The first-order valence-corrected chi connectivity index (χ1v) is 7.60. The maximum atomic E-state index is 12.0. The third kappa shape index (κ3) is 4.28. The molecular weight excluding hydrogens is 270 g/mol. The summed E-state index contributed by atoms with van der Waals surface area (Å²) in [6, 6.07) is 5.62. The van der Waals surface area contributed by atoms with Crippen molar-refractivity contribution in [3.63, 3.8) is 0 Å². The number of nitrogens with zero attached hydrogens (tertiary/aromatic N) is 1. The van der Waals surface area contributed by atoms with Crippen molar-refractivity contribution < 1.29 is 4.79 Å². The lowest BCUT2D eigenvalue weighted by atomic mass is 9.87. The number of rotatable bonds is 4. The fourth-order valence-corrected chi connectivity index (χ4v) is 2.96. The lowest BCUT2D eigenvalue weighted by Crippen LogP contribution is -2.31. The number of fused-ring (bicyclic) bond motifs is 1. The molecule has 1 heterocycles. The van der Waals surface area contributed by atoms with Crippen molar-refractivity contribution in [3.05, 3.63) is 23.7 Å². The maximum absolute atomic E-state index is 12.0. The van der Waals surface area contributed by atoms with Crippen LogP contribution >= 0.6 is 11.3 Å². The molecule has 0 saturated carbocycles. The van der Waals surface area contributed by atoms with Crippen molar-refractivity contribution in [2.45, 2.75) is 39.7 Å². The van der Waals surface area contributed by atoms with E-state index in [1.165, 1.54) is 0 Å². The van der Waals surface area contributed by atoms with Crippen LogP contribution in [0.25, 0.3) is 10.2 Å². The smallest absolute Gasteiger partial charge is 0.225 e. The van der Waals surface area contributed by atoms with Crippen LogP contribution in [0.3, 0.4) is 0 Å². The molecule has 2 rings (SSSR count). The fourth-order valence-electron chi connectivity index (χ4n) is 2.24. The predicted octanol–water partition coefficient (Wildman–Crippen LogP) is 3.39. The van der Waals surface area contributed by atoms with E-state index in [4.69, 9.17) is 5.73 Å². The summed E-state index contributed by atoms with van der Waals surface area (Å²) in [7, 11) is 0. The Morgan fingerprint density at radius 2 is 2.20 bits per heavy atom. The molecule has 1 aromatic heterocycles. The average molecular weight is 291 g/mol. The standard InChI is InChI=1S/C15H21N3OS/c1-15(2,3)8-10(16)6-14(19)18-11-4-5-12-13(7-11)20-9-17-12/h4-5,7,9-10H,6,8,16H2,1-3H3,(H,18,19). The number of hydrogen-bond donors (Lipinski definition) is 2. The highest BCUT2D eigenvalue weighted by atomic mass is 32.1. The van der Waals surface area contributed by atoms with Gasteiger partial charge >= 0.3 is 0 Å². The van der Waals surface area contributed by atoms with E-state index in [0.717, 1.165) is 22.3 Å². The summed E-state index contributed by atoms with van der Waals surface area (Å²) in [6.45, 7) is 6.38. The van der Waals surface area contributed by atoms with Crippen LogP contribution in [0.4, 0.5) is 5.69 Å². The van der Waals surface area contributed by atoms with E-state index in [1.54, 1.807) is 16.8 Å². The minimum absolute atomic E-state index is 0.0365. The zero-order valence-corrected chi connectivity index (χ0v) is 13.0. The summed E-state index contributed by atoms with van der Waals surface area (Å²) in [5.41, 5.74) is 9.72. The highest BCUT2D eigenvalue weighted by Gasteiger charge is 2.18. The molecule has 4 nitrogen and oxygen atoms in total. The van der Waals surface area contributed by atoms with Crippen LogP contribution in [-0.2, 0) is 4.79 Å². The predicted molar refractivity (Wildman–Crippen MR) is 84.9 cm³/mol. The zero-order chi connectivity index (χ0) is 14.8. The van der Waals surface area contributed by atoms with Gasteiger partial charge in [0.1, 0.15) is 0 Å². The minimum Gasteiger partial charge on any atom is -0.327 e. The van der Waals surface area contributed by atoms with Gasteiger partial charge in [-0.25, -0.2) is 4.98 Å². The Morgan fingerprint density at radius 1 is 1.45 bits per heavy atom. The number of nitrogens with one attached hydrogen (secondary N) is 1. The highest BCUT2D eigenvalue weighted by molar-refractivity contribution is 7.16. The Balaban J connectivity index is 1.93. The van der Waals surface area contributed by atoms with Gasteiger partial charge in [-0.2, -0.15) is 0 Å². The molecule has 1 unspecified atom stereocenters. The van der Waals surface area contributed by atoms with Crippen molar-refractivity contribution in [2.75, 3.05) is 5.32 Å². The molecule has 108 valence electrons. The normalized spacial score (nSPS) is 13.4. The summed E-state index contributed by atoms with van der Waals surface area (Å²) in [5, 5.41) is 2.90. The molecule has 1 amide bonds. The third-order valence-corrected chi connectivity index (χ3v) is 3.73. The fraction of sp³-hybridized carbons (Fsp3) is 0.467. The molecule has 2 aromatic rings. The Labute approximate surface area is 123 Å². The number of amides is 1. The molecule has 1 atom stereocenters. The summed E-state index contributed by atoms with van der Waals surface area (Å²) >= 11 is 1.56. The zero-order valence-electron chi connectivity index (χ0n) is 12.1. The Hall–Kier alpha value is -1.46. The number of thiazole rings is 1. The number of carbonyl (C=O) groups excluding carboxylic acids is 1. The van der Waals surface area contributed by atoms with E-state index < -0.39 is 0 Å². The van der Waals surface area contributed by atoms with Crippen LogP contribution in [0.5, 0.6) is 0 Å². The average Bonchev–Trinajstić information content (AvgIpc) is 2.72. The van der Waals surface area contributed by atoms with Crippen LogP contribution in [0, 0.1) is 5.41 Å². The van der Waals surface area contributed by atoms with Crippen LogP contribution in [0.15, 0.2) is 23.7 Å². The first-order valence-electron chi connectivity index (χ1n) is 6.72. The van der Waals surface area contributed by atoms with Crippen molar-refractivity contribution in [1.29, 1.82) is 0 Å². The lowest BCUT2D eigenvalue weighted by Gasteiger charge is -2.22. The third-order valence-electron chi connectivity index (χ3n) is 2.94. The lowest BCUT2D eigenvalue weighted by molar-refractivity contribution is -0.116. The van der Waals surface area contributed by atoms with Gasteiger partial charge in [-0.15, -0.1) is 11.3 Å². The molecule has 0 saturated heterocycles. The highest BCUT2D eigenvalue weighted by Crippen LogP contribution is 2.23. The van der Waals surface area contributed by atoms with Crippen LogP contribution in [0.1, 0.15) is 33.6 Å². The second-order valence-corrected chi connectivity index (χ2v) is 7.20. The number of nitrogens with two attached hydrogens (primary N) is 1. The summed E-state index contributed by atoms with van der Waals surface area (Å²) in [5.74, 6) is -0.0365. The van der Waals surface area contributed by atoms with Crippen molar-refractivity contribution in [2.24, 2.45) is 11.1 Å². The number of benzene rings is 1. The van der Waals surface area contributed by atoms with Gasteiger partial charge in [0.25, 0.3) is 0 Å². The molecule has 0 radical (unpaired) electrons. The first kappa shape index (κ1) is 14.9. The summed E-state index contributed by atoms with van der Waals surface area (Å²) in [4.78, 5) is 16.2. The van der Waals surface area contributed by atoms with Crippen molar-refractivity contribution in [1.82, 2.24) is 4.98 Å². The van der Waals surface area contributed by atoms with E-state index in [-0.39, 0.29) is 17.4 Å². The molecule has 0 spiro atoms. The maximum Gasteiger partial charge on any atom is 0.225 e. The number of anilines is 1. The van der Waals surface area contributed by atoms with Gasteiger partial charge in [-0.3, -0.25) is 4.79 Å². The second kappa shape index (κ2) is 5.89. The van der Waals surface area contributed by atoms with Gasteiger partial charge in [0.15, 0.2) is 0 Å². The van der Waals surface area contributed by atoms with Gasteiger partial charge in [-0.1, -0.05) is 20.8 Å². The van der Waals surface area contributed by atoms with Crippen molar-refractivity contribution in [3.8, 4) is 0 Å². The molecule has 20 heavy (non-hydrogen) atoms. The monoisotopic (exact) mass is 291 g/mol. The summed E-state index contributed by atoms with van der Waals surface area (Å²) < 4.78 is 1.07. The van der Waals surface area contributed by atoms with Crippen LogP contribution < -0.4 is 11.1 Å². The van der Waals surface area contributed by atoms with Gasteiger partial charge in [0, 0.05) is 18.2 Å². The van der Waals surface area contributed by atoms with E-state index in [9.17, 15) is 4.79 Å². The molecule has 1 aromatic carbocycles. The first-order chi connectivity index (χ1) is 9.33. The topological polar surface area (TPSA) is 68.0 Å². The number of hydrogen-bond acceptors (Lipinski definition) is 4. The quantitative estimate of drug-likeness (QED) is 0.907. The molecule has 0 aliphatic rings. The molecule has 0 bridgehead atoms. The SMILES string of the molecule is CC(C)(C)CC(N)CC(=O)Nc1ccc2ncsc2c1. The van der Waals surface area contributed by atoms with Gasteiger partial charge < -0.3 is 11.1 Å². The van der Waals surface area contributed by atoms with E-state index in [1.807, 2.05) is 18.2 Å². The van der Waals surface area contributed by atoms with Crippen molar-refractivity contribution >= 4 is 33.1 Å². The van der Waals surface area contributed by atoms with Gasteiger partial charge in [0.05, 0.1) is 15.7 Å². The Kier molecular flexibility index (Phi) is 4.40. The number of carbonyl (C=O) groups is 1. The summed E-state index contributed by atoms with van der Waals surface area (Å²) in [6.07, 6.45) is 1.17. The van der Waals surface area contributed by atoms with Gasteiger partial charge in [0.2, 0.25) is 5.91 Å². The minimum atomic E-state index is -0.109. The van der Waals surface area contributed by atoms with Crippen LogP contribution in [-0.4, -0.2) is 16.9 Å². The second-order valence-electron chi connectivity index (χ2n) is 6.31. The van der Waals surface area contributed by atoms with E-state index >= 15 is 0 Å². The van der Waals surface area contributed by atoms with E-state index in [2.05, 4.69) is 31.1 Å². The Morgan fingerprint density at radius 3 is 2.90 bits per heavy atom. The molecule has 0 fully saturated rings. The van der Waals surface area contributed by atoms with E-state index in [0.29, 0.717) is 6.42 Å². The molecule has 0 aliphatic heterocycles. The molecule has 0 aliphatic carbocycles. The molecule has 3 N–H and O–H groups in total.